The van der Waals surface area contributed by atoms with Crippen molar-refractivity contribution >= 4 is 22.9 Å². The second-order valence-electron chi connectivity index (χ2n) is 3.56. The van der Waals surface area contributed by atoms with Gasteiger partial charge >= 0.3 is 0 Å². The van der Waals surface area contributed by atoms with E-state index in [0.717, 1.165) is 22.2 Å². The summed E-state index contributed by atoms with van der Waals surface area (Å²) in [6, 6.07) is 9.74. The van der Waals surface area contributed by atoms with Gasteiger partial charge in [-0.15, -0.1) is 21.8 Å². The van der Waals surface area contributed by atoms with E-state index < -0.39 is 0 Å². The zero-order chi connectivity index (χ0) is 12.1. The first-order valence-electron chi connectivity index (χ1n) is 5.40. The normalized spacial score (nSPS) is 12.4. The molecule has 1 atom stereocenters. The summed E-state index contributed by atoms with van der Waals surface area (Å²) in [7, 11) is 0. The lowest BCUT2D eigenvalue weighted by atomic mass is 10.3. The lowest BCUT2D eigenvalue weighted by Gasteiger charge is -2.03. The van der Waals surface area contributed by atoms with Crippen LogP contribution in [0.4, 0.5) is 0 Å². The van der Waals surface area contributed by atoms with E-state index in [1.807, 2.05) is 37.3 Å². The number of alkyl halides is 1. The maximum atomic E-state index is 5.92. The third-order valence-corrected chi connectivity index (χ3v) is 3.65. The van der Waals surface area contributed by atoms with E-state index in [-0.39, 0.29) is 5.38 Å². The van der Waals surface area contributed by atoms with Crippen molar-refractivity contribution in [1.29, 1.82) is 0 Å². The fourth-order valence-corrected chi connectivity index (χ4v) is 2.23. The van der Waals surface area contributed by atoms with Crippen molar-refractivity contribution in [2.45, 2.75) is 18.7 Å². The molecule has 1 unspecified atom stereocenters. The molecular formula is C12H13ClN2OS. The van der Waals surface area contributed by atoms with Gasteiger partial charge in [0.05, 0.1) is 12.0 Å². The largest absolute Gasteiger partial charge is 0.493 e. The van der Waals surface area contributed by atoms with Crippen molar-refractivity contribution in [3.63, 3.8) is 0 Å². The summed E-state index contributed by atoms with van der Waals surface area (Å²) in [6.07, 6.45) is 0.760. The van der Waals surface area contributed by atoms with Crippen molar-refractivity contribution in [2.75, 3.05) is 6.61 Å². The van der Waals surface area contributed by atoms with Crippen LogP contribution >= 0.6 is 22.9 Å². The standard InChI is InChI=1S/C12H13ClN2OS/c1-9(13)12-15-14-11(17-12)7-8-16-10-5-3-2-4-6-10/h2-6,9H,7-8H2,1H3. The molecule has 0 aliphatic rings. The second kappa shape index (κ2) is 5.98. The number of nitrogens with zero attached hydrogens (tertiary/aromatic N) is 2. The Labute approximate surface area is 109 Å². The lowest BCUT2D eigenvalue weighted by molar-refractivity contribution is 0.321. The van der Waals surface area contributed by atoms with Crippen molar-refractivity contribution in [1.82, 2.24) is 10.2 Å². The van der Waals surface area contributed by atoms with E-state index in [1.165, 1.54) is 0 Å². The van der Waals surface area contributed by atoms with Crippen molar-refractivity contribution in [2.24, 2.45) is 0 Å². The third-order valence-electron chi connectivity index (χ3n) is 2.15. The summed E-state index contributed by atoms with van der Waals surface area (Å²) in [5.74, 6) is 0.878. The van der Waals surface area contributed by atoms with Gasteiger partial charge in [0.25, 0.3) is 0 Å². The van der Waals surface area contributed by atoms with Gasteiger partial charge in [-0.1, -0.05) is 29.5 Å². The predicted octanol–water partition coefficient (Wildman–Crippen LogP) is 3.46. The van der Waals surface area contributed by atoms with Crippen LogP contribution in [0.3, 0.4) is 0 Å². The lowest BCUT2D eigenvalue weighted by Crippen LogP contribution is -2.00. The van der Waals surface area contributed by atoms with Gasteiger partial charge in [0.1, 0.15) is 15.8 Å². The summed E-state index contributed by atoms with van der Waals surface area (Å²) in [4.78, 5) is 0. The summed E-state index contributed by atoms with van der Waals surface area (Å²) in [5, 5.41) is 9.85. The van der Waals surface area contributed by atoms with Crippen LogP contribution in [-0.2, 0) is 6.42 Å². The fourth-order valence-electron chi connectivity index (χ4n) is 1.30. The molecule has 0 spiro atoms. The van der Waals surface area contributed by atoms with Crippen LogP contribution in [0.5, 0.6) is 5.75 Å². The molecule has 1 aromatic carbocycles. The Morgan fingerprint density at radius 2 is 2.06 bits per heavy atom. The monoisotopic (exact) mass is 268 g/mol. The van der Waals surface area contributed by atoms with Gasteiger partial charge in [0.15, 0.2) is 0 Å². The Hall–Kier alpha value is -1.13. The highest BCUT2D eigenvalue weighted by atomic mass is 35.5. The zero-order valence-corrected chi connectivity index (χ0v) is 11.0. The molecular weight excluding hydrogens is 256 g/mol. The number of hydrogen-bond donors (Lipinski definition) is 0. The zero-order valence-electron chi connectivity index (χ0n) is 9.47. The maximum absolute atomic E-state index is 5.92. The van der Waals surface area contributed by atoms with Gasteiger partial charge in [-0.2, -0.15) is 0 Å². The van der Waals surface area contributed by atoms with Crippen LogP contribution < -0.4 is 4.74 Å². The summed E-state index contributed by atoms with van der Waals surface area (Å²) >= 11 is 7.47. The number of aromatic nitrogens is 2. The average Bonchev–Trinajstić information content (AvgIpc) is 2.79. The third kappa shape index (κ3) is 3.68. The molecule has 0 N–H and O–H groups in total. The predicted molar refractivity (Wildman–Crippen MR) is 69.8 cm³/mol. The molecule has 0 saturated heterocycles. The van der Waals surface area contributed by atoms with E-state index in [9.17, 15) is 0 Å². The first kappa shape index (κ1) is 12.3. The molecule has 0 radical (unpaired) electrons. The van der Waals surface area contributed by atoms with Gasteiger partial charge in [0.2, 0.25) is 0 Å². The van der Waals surface area contributed by atoms with Crippen molar-refractivity contribution in [3.8, 4) is 5.75 Å². The molecule has 0 aliphatic carbocycles. The number of halogens is 1. The minimum atomic E-state index is -0.0729. The summed E-state index contributed by atoms with van der Waals surface area (Å²) in [6.45, 7) is 2.50. The van der Waals surface area contributed by atoms with Gasteiger partial charge in [0, 0.05) is 6.42 Å². The van der Waals surface area contributed by atoms with E-state index in [2.05, 4.69) is 10.2 Å². The quantitative estimate of drug-likeness (QED) is 0.779. The van der Waals surface area contributed by atoms with E-state index >= 15 is 0 Å². The van der Waals surface area contributed by atoms with Crippen LogP contribution in [0.25, 0.3) is 0 Å². The highest BCUT2D eigenvalue weighted by molar-refractivity contribution is 7.11. The van der Waals surface area contributed by atoms with Gasteiger partial charge < -0.3 is 4.74 Å². The number of benzene rings is 1. The Morgan fingerprint density at radius 1 is 1.29 bits per heavy atom. The maximum Gasteiger partial charge on any atom is 0.135 e. The SMILES string of the molecule is CC(Cl)c1nnc(CCOc2ccccc2)s1. The summed E-state index contributed by atoms with van der Waals surface area (Å²) < 4.78 is 5.59. The first-order valence-corrected chi connectivity index (χ1v) is 6.65. The molecule has 2 aromatic rings. The molecule has 1 heterocycles. The van der Waals surface area contributed by atoms with E-state index in [0.29, 0.717) is 6.61 Å². The van der Waals surface area contributed by atoms with Gasteiger partial charge in [-0.3, -0.25) is 0 Å². The van der Waals surface area contributed by atoms with E-state index in [4.69, 9.17) is 16.3 Å². The molecule has 17 heavy (non-hydrogen) atoms. The van der Waals surface area contributed by atoms with Gasteiger partial charge in [-0.05, 0) is 19.1 Å². The molecule has 0 fully saturated rings. The molecule has 0 bridgehead atoms. The molecule has 0 aliphatic heterocycles. The molecule has 1 aromatic heterocycles. The van der Waals surface area contributed by atoms with Crippen LogP contribution in [0.15, 0.2) is 30.3 Å². The number of rotatable bonds is 5. The number of para-hydroxylation sites is 1. The van der Waals surface area contributed by atoms with Crippen LogP contribution in [-0.4, -0.2) is 16.8 Å². The highest BCUT2D eigenvalue weighted by Gasteiger charge is 2.08. The topological polar surface area (TPSA) is 35.0 Å². The Bertz CT molecular complexity index is 459. The van der Waals surface area contributed by atoms with Crippen LogP contribution in [0, 0.1) is 0 Å². The Balaban J connectivity index is 1.82. The van der Waals surface area contributed by atoms with Crippen LogP contribution in [0.1, 0.15) is 22.3 Å². The van der Waals surface area contributed by atoms with Gasteiger partial charge in [-0.25, -0.2) is 0 Å². The average molecular weight is 269 g/mol. The smallest absolute Gasteiger partial charge is 0.135 e. The van der Waals surface area contributed by atoms with Crippen molar-refractivity contribution in [3.05, 3.63) is 40.3 Å². The van der Waals surface area contributed by atoms with Crippen LogP contribution in [0.2, 0.25) is 0 Å². The number of ether oxygens (including phenoxy) is 1. The molecule has 2 rings (SSSR count). The number of hydrogen-bond acceptors (Lipinski definition) is 4. The second-order valence-corrected chi connectivity index (χ2v) is 5.31. The van der Waals surface area contributed by atoms with E-state index in [1.54, 1.807) is 11.3 Å². The Morgan fingerprint density at radius 3 is 2.71 bits per heavy atom. The highest BCUT2D eigenvalue weighted by Crippen LogP contribution is 2.23. The fraction of sp³-hybridized carbons (Fsp3) is 0.333. The first-order chi connectivity index (χ1) is 8.25. The minimum Gasteiger partial charge on any atom is -0.493 e. The minimum absolute atomic E-state index is 0.0729. The summed E-state index contributed by atoms with van der Waals surface area (Å²) in [5.41, 5.74) is 0. The van der Waals surface area contributed by atoms with Crippen molar-refractivity contribution < 1.29 is 4.74 Å². The Kier molecular flexibility index (Phi) is 4.34. The molecule has 90 valence electrons. The molecule has 5 heteroatoms. The molecule has 3 nitrogen and oxygen atoms in total. The molecule has 0 amide bonds. The molecule has 0 saturated carbocycles.